The maximum Gasteiger partial charge on any atom is 0.245 e. The number of carbonyl (C=O) groups excluding carboxylic acids is 1. The summed E-state index contributed by atoms with van der Waals surface area (Å²) < 4.78 is 3.77. The fourth-order valence-corrected chi connectivity index (χ4v) is 3.47. The first-order chi connectivity index (χ1) is 10.5. The van der Waals surface area contributed by atoms with Crippen molar-refractivity contribution in [2.45, 2.75) is 45.7 Å². The first kappa shape index (κ1) is 14.8. The summed E-state index contributed by atoms with van der Waals surface area (Å²) in [5.74, 6) is 0.156. The van der Waals surface area contributed by atoms with E-state index >= 15 is 0 Å². The van der Waals surface area contributed by atoms with Gasteiger partial charge in [0, 0.05) is 37.2 Å². The number of amides is 1. The average molecular weight is 301 g/mol. The molecule has 22 heavy (non-hydrogen) atoms. The second-order valence-electron chi connectivity index (χ2n) is 6.08. The van der Waals surface area contributed by atoms with Crippen molar-refractivity contribution in [3.05, 3.63) is 35.7 Å². The van der Waals surface area contributed by atoms with Gasteiger partial charge in [-0.2, -0.15) is 5.10 Å². The molecule has 6 nitrogen and oxygen atoms in total. The van der Waals surface area contributed by atoms with Gasteiger partial charge in [-0.3, -0.25) is 9.48 Å². The average Bonchev–Trinajstić information content (AvgIpc) is 3.20. The molecular formula is C16H23N5O. The Morgan fingerprint density at radius 1 is 1.41 bits per heavy atom. The van der Waals surface area contributed by atoms with Crippen molar-refractivity contribution < 1.29 is 4.79 Å². The van der Waals surface area contributed by atoms with Crippen molar-refractivity contribution in [3.63, 3.8) is 0 Å². The van der Waals surface area contributed by atoms with Gasteiger partial charge in [-0.15, -0.1) is 0 Å². The molecule has 1 aliphatic heterocycles. The van der Waals surface area contributed by atoms with E-state index in [0.29, 0.717) is 0 Å². The van der Waals surface area contributed by atoms with Crippen LogP contribution in [0.5, 0.6) is 0 Å². The van der Waals surface area contributed by atoms with Crippen LogP contribution in [0.3, 0.4) is 0 Å². The van der Waals surface area contributed by atoms with Gasteiger partial charge in [-0.25, -0.2) is 4.98 Å². The lowest BCUT2D eigenvalue weighted by Gasteiger charge is -2.28. The van der Waals surface area contributed by atoms with Crippen molar-refractivity contribution in [3.8, 4) is 0 Å². The van der Waals surface area contributed by atoms with E-state index in [1.54, 1.807) is 12.5 Å². The molecular weight excluding hydrogens is 278 g/mol. The van der Waals surface area contributed by atoms with Crippen molar-refractivity contribution in [2.75, 3.05) is 6.54 Å². The van der Waals surface area contributed by atoms with Gasteiger partial charge in [0.05, 0.1) is 18.1 Å². The van der Waals surface area contributed by atoms with Crippen LogP contribution in [0.15, 0.2) is 18.7 Å². The van der Waals surface area contributed by atoms with E-state index in [4.69, 9.17) is 0 Å². The summed E-state index contributed by atoms with van der Waals surface area (Å²) in [5, 5.41) is 4.51. The normalized spacial score (nSPS) is 19.6. The molecule has 2 aromatic rings. The molecule has 1 fully saturated rings. The quantitative estimate of drug-likeness (QED) is 0.873. The number of aromatic nitrogens is 4. The van der Waals surface area contributed by atoms with Gasteiger partial charge in [0.25, 0.3) is 0 Å². The molecule has 1 aliphatic rings. The SMILES string of the molecule is Cc1nn(C)c(C)c1[C@@H]1CCCN1C(=O)[C@@H](C)n1ccnc1. The van der Waals surface area contributed by atoms with Crippen LogP contribution >= 0.6 is 0 Å². The standard InChI is InChI=1S/C16H23N5O/c1-11-15(12(2)19(4)18-11)14-6-5-8-21(14)16(22)13(3)20-9-7-17-10-20/h7,9-10,13-14H,5-6,8H2,1-4H3/t13-,14+/m1/s1. The predicted molar refractivity (Wildman–Crippen MR) is 83.3 cm³/mol. The summed E-state index contributed by atoms with van der Waals surface area (Å²) in [5.41, 5.74) is 3.39. The molecule has 0 unspecified atom stereocenters. The first-order valence-electron chi connectivity index (χ1n) is 7.78. The zero-order valence-electron chi connectivity index (χ0n) is 13.7. The van der Waals surface area contributed by atoms with Gasteiger partial charge in [0.2, 0.25) is 5.91 Å². The predicted octanol–water partition coefficient (Wildman–Crippen LogP) is 2.16. The van der Waals surface area contributed by atoms with Gasteiger partial charge in [-0.05, 0) is 33.6 Å². The molecule has 0 aliphatic carbocycles. The molecule has 6 heteroatoms. The van der Waals surface area contributed by atoms with Gasteiger partial charge in [0.15, 0.2) is 0 Å². The minimum absolute atomic E-state index is 0.146. The zero-order valence-corrected chi connectivity index (χ0v) is 13.7. The van der Waals surface area contributed by atoms with E-state index in [1.165, 1.54) is 5.56 Å². The first-order valence-corrected chi connectivity index (χ1v) is 7.78. The molecule has 0 aromatic carbocycles. The molecule has 0 N–H and O–H groups in total. The second kappa shape index (κ2) is 5.59. The van der Waals surface area contributed by atoms with Gasteiger partial charge in [-0.1, -0.05) is 0 Å². The highest BCUT2D eigenvalue weighted by Gasteiger charge is 2.35. The maximum atomic E-state index is 12.9. The lowest BCUT2D eigenvalue weighted by Crippen LogP contribution is -2.36. The summed E-state index contributed by atoms with van der Waals surface area (Å²) in [7, 11) is 1.96. The summed E-state index contributed by atoms with van der Waals surface area (Å²) in [6.45, 7) is 6.86. The highest BCUT2D eigenvalue weighted by molar-refractivity contribution is 5.81. The third-order valence-electron chi connectivity index (χ3n) is 4.76. The molecule has 0 saturated carbocycles. The van der Waals surface area contributed by atoms with Gasteiger partial charge < -0.3 is 9.47 Å². The van der Waals surface area contributed by atoms with Crippen LogP contribution in [0, 0.1) is 13.8 Å². The maximum absolute atomic E-state index is 12.9. The minimum Gasteiger partial charge on any atom is -0.334 e. The molecule has 3 heterocycles. The molecule has 0 radical (unpaired) electrons. The van der Waals surface area contributed by atoms with Crippen LogP contribution in [0.4, 0.5) is 0 Å². The van der Waals surface area contributed by atoms with Crippen LogP contribution in [-0.2, 0) is 11.8 Å². The Hall–Kier alpha value is -2.11. The Bertz CT molecular complexity index is 673. The molecule has 1 amide bonds. The van der Waals surface area contributed by atoms with Gasteiger partial charge in [0.1, 0.15) is 6.04 Å². The highest BCUT2D eigenvalue weighted by atomic mass is 16.2. The number of likely N-dealkylation sites (tertiary alicyclic amines) is 1. The number of carbonyl (C=O) groups is 1. The lowest BCUT2D eigenvalue weighted by molar-refractivity contribution is -0.135. The minimum atomic E-state index is -0.222. The second-order valence-corrected chi connectivity index (χ2v) is 6.08. The summed E-state index contributed by atoms with van der Waals surface area (Å²) in [6.07, 6.45) is 7.31. The molecule has 1 saturated heterocycles. The fraction of sp³-hybridized carbons (Fsp3) is 0.562. The Balaban J connectivity index is 1.88. The van der Waals surface area contributed by atoms with Gasteiger partial charge >= 0.3 is 0 Å². The van der Waals surface area contributed by atoms with Crippen molar-refractivity contribution in [1.29, 1.82) is 0 Å². The number of imidazole rings is 1. The largest absolute Gasteiger partial charge is 0.334 e. The number of aryl methyl sites for hydroxylation is 2. The topological polar surface area (TPSA) is 56.0 Å². The lowest BCUT2D eigenvalue weighted by atomic mass is 10.0. The van der Waals surface area contributed by atoms with Crippen LogP contribution in [0.2, 0.25) is 0 Å². The van der Waals surface area contributed by atoms with Crippen LogP contribution < -0.4 is 0 Å². The monoisotopic (exact) mass is 301 g/mol. The molecule has 3 rings (SSSR count). The fourth-order valence-electron chi connectivity index (χ4n) is 3.47. The van der Waals surface area contributed by atoms with E-state index in [1.807, 2.05) is 41.2 Å². The third kappa shape index (κ3) is 2.32. The molecule has 118 valence electrons. The number of hydrogen-bond acceptors (Lipinski definition) is 3. The smallest absolute Gasteiger partial charge is 0.245 e. The van der Waals surface area contributed by atoms with E-state index in [0.717, 1.165) is 30.8 Å². The van der Waals surface area contributed by atoms with Crippen LogP contribution in [-0.4, -0.2) is 36.7 Å². The number of nitrogens with zero attached hydrogens (tertiary/aromatic N) is 5. The van der Waals surface area contributed by atoms with E-state index in [9.17, 15) is 4.79 Å². The Morgan fingerprint density at radius 3 is 2.77 bits per heavy atom. The third-order valence-corrected chi connectivity index (χ3v) is 4.76. The Kier molecular flexibility index (Phi) is 3.76. The highest BCUT2D eigenvalue weighted by Crippen LogP contribution is 2.36. The number of rotatable bonds is 3. The van der Waals surface area contributed by atoms with E-state index in [-0.39, 0.29) is 18.0 Å². The van der Waals surface area contributed by atoms with Crippen LogP contribution in [0.1, 0.15) is 48.8 Å². The van der Waals surface area contributed by atoms with E-state index < -0.39 is 0 Å². The molecule has 2 aromatic heterocycles. The number of hydrogen-bond donors (Lipinski definition) is 0. The van der Waals surface area contributed by atoms with Crippen LogP contribution in [0.25, 0.3) is 0 Å². The van der Waals surface area contributed by atoms with E-state index in [2.05, 4.69) is 17.0 Å². The summed E-state index contributed by atoms with van der Waals surface area (Å²) in [6, 6.07) is -0.0763. The van der Waals surface area contributed by atoms with Crippen molar-refractivity contribution >= 4 is 5.91 Å². The molecule has 0 bridgehead atoms. The van der Waals surface area contributed by atoms with Crippen molar-refractivity contribution in [1.82, 2.24) is 24.2 Å². The molecule has 2 atom stereocenters. The summed E-state index contributed by atoms with van der Waals surface area (Å²) in [4.78, 5) is 19.0. The Labute approximate surface area is 130 Å². The Morgan fingerprint density at radius 2 is 2.18 bits per heavy atom. The summed E-state index contributed by atoms with van der Waals surface area (Å²) >= 11 is 0. The zero-order chi connectivity index (χ0) is 15.9. The van der Waals surface area contributed by atoms with Crippen molar-refractivity contribution in [2.24, 2.45) is 7.05 Å². The molecule has 0 spiro atoms.